The third kappa shape index (κ3) is 3.45. The first-order valence-electron chi connectivity index (χ1n) is 6.36. The summed E-state index contributed by atoms with van der Waals surface area (Å²) < 4.78 is 11.5. The molecular weight excluding hydrogens is 214 g/mol. The molecule has 0 bridgehead atoms. The minimum Gasteiger partial charge on any atom is -0.493 e. The molecule has 94 valence electrons. The number of fused-ring (bicyclic) bond motifs is 1. The fourth-order valence-corrected chi connectivity index (χ4v) is 2.11. The van der Waals surface area contributed by atoms with Crippen molar-refractivity contribution in [2.75, 3.05) is 13.2 Å². The van der Waals surface area contributed by atoms with Gasteiger partial charge in [0.05, 0.1) is 12.7 Å². The van der Waals surface area contributed by atoms with Crippen LogP contribution in [0.1, 0.15) is 37.9 Å². The van der Waals surface area contributed by atoms with Crippen molar-refractivity contribution < 1.29 is 9.47 Å². The molecule has 0 amide bonds. The van der Waals surface area contributed by atoms with Crippen molar-refractivity contribution in [2.24, 2.45) is 5.73 Å². The van der Waals surface area contributed by atoms with Gasteiger partial charge < -0.3 is 15.2 Å². The Kier molecular flexibility index (Phi) is 4.40. The molecule has 3 nitrogen and oxygen atoms in total. The van der Waals surface area contributed by atoms with Crippen molar-refractivity contribution in [1.82, 2.24) is 0 Å². The van der Waals surface area contributed by atoms with Crippen molar-refractivity contribution in [3.05, 3.63) is 29.8 Å². The molecule has 1 aromatic carbocycles. The SMILES string of the molecule is CC(N)CCCOC1CCOc2ccccc21. The van der Waals surface area contributed by atoms with Crippen LogP contribution in [0.2, 0.25) is 0 Å². The topological polar surface area (TPSA) is 44.5 Å². The Bertz CT molecular complexity index is 352. The maximum absolute atomic E-state index is 5.92. The van der Waals surface area contributed by atoms with Crippen molar-refractivity contribution >= 4 is 0 Å². The van der Waals surface area contributed by atoms with Crippen LogP contribution in [0.25, 0.3) is 0 Å². The Morgan fingerprint density at radius 3 is 3.12 bits per heavy atom. The Balaban J connectivity index is 1.86. The van der Waals surface area contributed by atoms with E-state index in [2.05, 4.69) is 6.07 Å². The molecule has 2 rings (SSSR count). The molecule has 0 aromatic heterocycles. The first-order chi connectivity index (χ1) is 8.27. The van der Waals surface area contributed by atoms with Crippen LogP contribution in [0.4, 0.5) is 0 Å². The van der Waals surface area contributed by atoms with Gasteiger partial charge in [0.15, 0.2) is 0 Å². The molecule has 0 aliphatic carbocycles. The molecule has 1 aromatic rings. The molecule has 2 atom stereocenters. The average molecular weight is 235 g/mol. The smallest absolute Gasteiger partial charge is 0.125 e. The molecule has 0 fully saturated rings. The molecule has 2 unspecified atom stereocenters. The van der Waals surface area contributed by atoms with Gasteiger partial charge in [0.25, 0.3) is 0 Å². The number of benzene rings is 1. The molecule has 0 saturated carbocycles. The highest BCUT2D eigenvalue weighted by atomic mass is 16.5. The number of rotatable bonds is 5. The van der Waals surface area contributed by atoms with Gasteiger partial charge in [-0.15, -0.1) is 0 Å². The molecule has 0 spiro atoms. The van der Waals surface area contributed by atoms with Gasteiger partial charge in [0.1, 0.15) is 5.75 Å². The van der Waals surface area contributed by atoms with E-state index in [-0.39, 0.29) is 12.1 Å². The quantitative estimate of drug-likeness (QED) is 0.798. The van der Waals surface area contributed by atoms with E-state index in [1.807, 2.05) is 25.1 Å². The standard InChI is InChI=1S/C14H21NO2/c1-11(15)5-4-9-16-14-8-10-17-13-7-3-2-6-12(13)14/h2-3,6-7,11,14H,4-5,8-10,15H2,1H3. The predicted molar refractivity (Wildman–Crippen MR) is 68.1 cm³/mol. The number of hydrogen-bond donors (Lipinski definition) is 1. The fraction of sp³-hybridized carbons (Fsp3) is 0.571. The largest absolute Gasteiger partial charge is 0.493 e. The van der Waals surface area contributed by atoms with Crippen LogP contribution >= 0.6 is 0 Å². The number of ether oxygens (including phenoxy) is 2. The highest BCUT2D eigenvalue weighted by Crippen LogP contribution is 2.34. The molecule has 0 radical (unpaired) electrons. The zero-order chi connectivity index (χ0) is 12.1. The zero-order valence-electron chi connectivity index (χ0n) is 10.4. The van der Waals surface area contributed by atoms with Gasteiger partial charge in [0, 0.05) is 24.6 Å². The van der Waals surface area contributed by atoms with E-state index in [9.17, 15) is 0 Å². The third-order valence-electron chi connectivity index (χ3n) is 3.03. The lowest BCUT2D eigenvalue weighted by atomic mass is 10.0. The molecule has 1 aliphatic rings. The van der Waals surface area contributed by atoms with Crippen molar-refractivity contribution in [1.29, 1.82) is 0 Å². The second-order valence-corrected chi connectivity index (χ2v) is 4.65. The Morgan fingerprint density at radius 1 is 1.47 bits per heavy atom. The monoisotopic (exact) mass is 235 g/mol. The van der Waals surface area contributed by atoms with Crippen molar-refractivity contribution in [3.8, 4) is 5.75 Å². The third-order valence-corrected chi connectivity index (χ3v) is 3.03. The van der Waals surface area contributed by atoms with Crippen LogP contribution < -0.4 is 10.5 Å². The lowest BCUT2D eigenvalue weighted by Gasteiger charge is -2.26. The molecule has 1 aliphatic heterocycles. The number of hydrogen-bond acceptors (Lipinski definition) is 3. The summed E-state index contributed by atoms with van der Waals surface area (Å²) in [6, 6.07) is 8.39. The van der Waals surface area contributed by atoms with Gasteiger partial charge in [-0.2, -0.15) is 0 Å². The van der Waals surface area contributed by atoms with E-state index in [4.69, 9.17) is 15.2 Å². The lowest BCUT2D eigenvalue weighted by molar-refractivity contribution is 0.0217. The van der Waals surface area contributed by atoms with Crippen molar-refractivity contribution in [2.45, 2.75) is 38.3 Å². The maximum atomic E-state index is 5.92. The average Bonchev–Trinajstić information content (AvgIpc) is 2.34. The van der Waals surface area contributed by atoms with Gasteiger partial charge in [-0.25, -0.2) is 0 Å². The fourth-order valence-electron chi connectivity index (χ4n) is 2.11. The molecule has 17 heavy (non-hydrogen) atoms. The summed E-state index contributed by atoms with van der Waals surface area (Å²) in [5.74, 6) is 0.968. The van der Waals surface area contributed by atoms with Gasteiger partial charge in [-0.05, 0) is 25.8 Å². The minimum atomic E-state index is 0.188. The van der Waals surface area contributed by atoms with Crippen LogP contribution in [-0.4, -0.2) is 19.3 Å². The molecule has 1 heterocycles. The van der Waals surface area contributed by atoms with Gasteiger partial charge in [-0.3, -0.25) is 0 Å². The van der Waals surface area contributed by atoms with E-state index in [0.717, 1.165) is 38.2 Å². The second-order valence-electron chi connectivity index (χ2n) is 4.65. The van der Waals surface area contributed by atoms with Crippen LogP contribution in [0.3, 0.4) is 0 Å². The van der Waals surface area contributed by atoms with E-state index < -0.39 is 0 Å². The zero-order valence-corrected chi connectivity index (χ0v) is 10.4. The summed E-state index contributed by atoms with van der Waals surface area (Å²) in [4.78, 5) is 0. The molecule has 3 heteroatoms. The predicted octanol–water partition coefficient (Wildman–Crippen LogP) is 2.65. The first kappa shape index (κ1) is 12.4. The normalized spacial score (nSPS) is 20.5. The lowest BCUT2D eigenvalue weighted by Crippen LogP contribution is -2.18. The van der Waals surface area contributed by atoms with Crippen LogP contribution in [0.15, 0.2) is 24.3 Å². The minimum absolute atomic E-state index is 0.188. The highest BCUT2D eigenvalue weighted by Gasteiger charge is 2.21. The summed E-state index contributed by atoms with van der Waals surface area (Å²) >= 11 is 0. The Labute approximate surface area is 103 Å². The number of para-hydroxylation sites is 1. The van der Waals surface area contributed by atoms with Crippen LogP contribution in [0.5, 0.6) is 5.75 Å². The number of nitrogens with two attached hydrogens (primary N) is 1. The molecular formula is C14H21NO2. The molecule has 0 saturated heterocycles. The van der Waals surface area contributed by atoms with E-state index in [0.29, 0.717) is 0 Å². The maximum Gasteiger partial charge on any atom is 0.125 e. The summed E-state index contributed by atoms with van der Waals surface area (Å²) in [7, 11) is 0. The summed E-state index contributed by atoms with van der Waals surface area (Å²) in [5.41, 5.74) is 6.89. The summed E-state index contributed by atoms with van der Waals surface area (Å²) in [6.45, 7) is 3.55. The second kappa shape index (κ2) is 6.03. The molecule has 2 N–H and O–H groups in total. The van der Waals surface area contributed by atoms with E-state index >= 15 is 0 Å². The van der Waals surface area contributed by atoms with Crippen molar-refractivity contribution in [3.63, 3.8) is 0 Å². The summed E-state index contributed by atoms with van der Waals surface area (Å²) in [6.07, 6.45) is 3.17. The van der Waals surface area contributed by atoms with Gasteiger partial charge in [0.2, 0.25) is 0 Å². The first-order valence-corrected chi connectivity index (χ1v) is 6.36. The highest BCUT2D eigenvalue weighted by molar-refractivity contribution is 5.36. The Morgan fingerprint density at radius 2 is 2.29 bits per heavy atom. The van der Waals surface area contributed by atoms with Crippen LogP contribution in [0, 0.1) is 0 Å². The Hall–Kier alpha value is -1.06. The summed E-state index contributed by atoms with van der Waals surface area (Å²) in [5, 5.41) is 0. The van der Waals surface area contributed by atoms with Gasteiger partial charge >= 0.3 is 0 Å². The van der Waals surface area contributed by atoms with Gasteiger partial charge in [-0.1, -0.05) is 18.2 Å². The van der Waals surface area contributed by atoms with E-state index in [1.54, 1.807) is 0 Å². The van der Waals surface area contributed by atoms with Crippen LogP contribution in [-0.2, 0) is 4.74 Å². The van der Waals surface area contributed by atoms with E-state index in [1.165, 1.54) is 5.56 Å².